The Balaban J connectivity index is 0.000000311. The third-order valence-corrected chi connectivity index (χ3v) is 3.65. The average Bonchev–Trinajstić information content (AvgIpc) is 2.79. The van der Waals surface area contributed by atoms with E-state index in [0.717, 1.165) is 11.4 Å². The van der Waals surface area contributed by atoms with Gasteiger partial charge in [0.15, 0.2) is 12.6 Å². The van der Waals surface area contributed by atoms with Crippen LogP contribution in [0.1, 0.15) is 0 Å². The van der Waals surface area contributed by atoms with Crippen LogP contribution in [0, 0.1) is 5.53 Å². The number of aldehydes is 1. The van der Waals surface area contributed by atoms with Crippen molar-refractivity contribution in [1.82, 2.24) is 0 Å². The van der Waals surface area contributed by atoms with Crippen LogP contribution in [-0.4, -0.2) is 69.2 Å². The first-order chi connectivity index (χ1) is 14.0. The molecule has 0 heterocycles. The van der Waals surface area contributed by atoms with Crippen molar-refractivity contribution in [2.75, 3.05) is 11.6 Å². The number of carbonyl (C=O) groups is 1. The van der Waals surface area contributed by atoms with Crippen LogP contribution in [-0.2, 0) is 4.79 Å². The number of hydrogen-bond donors (Lipinski definition) is 6. The highest BCUT2D eigenvalue weighted by Gasteiger charge is 2.29. The van der Waals surface area contributed by atoms with Gasteiger partial charge in [-0.05, 0) is 24.3 Å². The van der Waals surface area contributed by atoms with E-state index >= 15 is 0 Å². The molecule has 10 heteroatoms. The summed E-state index contributed by atoms with van der Waals surface area (Å²) in [6, 6.07) is 19.5. The largest absolute Gasteiger partial charge is 0.394 e. The van der Waals surface area contributed by atoms with Gasteiger partial charge in [0.1, 0.15) is 24.4 Å². The summed E-state index contributed by atoms with van der Waals surface area (Å²) in [4.78, 5) is 9.90. The number of benzene rings is 2. The lowest BCUT2D eigenvalue weighted by Gasteiger charge is -2.22. The van der Waals surface area contributed by atoms with Crippen LogP contribution in [0.25, 0.3) is 0 Å². The van der Waals surface area contributed by atoms with Crippen molar-refractivity contribution >= 4 is 24.0 Å². The van der Waals surface area contributed by atoms with E-state index in [1.807, 2.05) is 60.7 Å². The summed E-state index contributed by atoms with van der Waals surface area (Å²) in [7, 11) is 0. The Hall–Kier alpha value is -3.02. The molecule has 156 valence electrons. The number of hydrazone groups is 1. The molecule has 0 radical (unpaired) electrons. The summed E-state index contributed by atoms with van der Waals surface area (Å²) in [6.45, 7) is -0.760. The van der Waals surface area contributed by atoms with Crippen LogP contribution in [0.5, 0.6) is 0 Å². The number of hydrogen-bond acceptors (Lipinski definition) is 9. The maximum absolute atomic E-state index is 9.90. The quantitative estimate of drug-likeness (QED) is 0.116. The predicted molar refractivity (Wildman–Crippen MR) is 106 cm³/mol. The minimum Gasteiger partial charge on any atom is -0.394 e. The van der Waals surface area contributed by atoms with Crippen LogP contribution < -0.4 is 5.01 Å². The highest BCUT2D eigenvalue weighted by atomic mass is 16.4. The number of nitrogens with zero attached hydrogens (tertiary/aromatic N) is 3. The van der Waals surface area contributed by atoms with Crippen LogP contribution in [0.4, 0.5) is 11.4 Å². The monoisotopic (exact) mass is 404 g/mol. The molecule has 0 aliphatic rings. The number of rotatable bonds is 9. The first kappa shape index (κ1) is 24.0. The molecular weight excluding hydrogens is 380 g/mol. The normalized spacial score (nSPS) is 14.8. The van der Waals surface area contributed by atoms with Gasteiger partial charge in [0.05, 0.1) is 18.0 Å². The Morgan fingerprint density at radius 3 is 1.76 bits per heavy atom. The minimum absolute atomic E-state index is 0.0258. The highest BCUT2D eigenvalue weighted by Crippen LogP contribution is 2.24. The first-order valence-corrected chi connectivity index (χ1v) is 8.53. The molecule has 0 aromatic heterocycles. The number of anilines is 2. The van der Waals surface area contributed by atoms with Gasteiger partial charge in [0, 0.05) is 0 Å². The maximum atomic E-state index is 9.90. The Bertz CT molecular complexity index is 707. The van der Waals surface area contributed by atoms with Gasteiger partial charge in [0.2, 0.25) is 0 Å². The maximum Gasteiger partial charge on any atom is 0.158 e. The van der Waals surface area contributed by atoms with E-state index in [9.17, 15) is 4.79 Å². The number of aliphatic hydroxyl groups excluding tert-OH is 5. The van der Waals surface area contributed by atoms with E-state index in [-0.39, 0.29) is 6.29 Å². The van der Waals surface area contributed by atoms with Gasteiger partial charge in [-0.2, -0.15) is 5.10 Å². The SMILES string of the molecule is N=N/C=N/N(c1ccccc1)c1ccccc1.O=C[C@H](O)[C@@H](O)[C@H](O)[C@H](O)CO. The van der Waals surface area contributed by atoms with E-state index in [4.69, 9.17) is 31.1 Å². The molecule has 4 atom stereocenters. The van der Waals surface area contributed by atoms with Gasteiger partial charge in [-0.3, -0.25) is 0 Å². The second kappa shape index (κ2) is 13.2. The highest BCUT2D eigenvalue weighted by molar-refractivity contribution is 5.66. The second-order valence-electron chi connectivity index (χ2n) is 5.70. The molecule has 2 rings (SSSR count). The topological polar surface area (TPSA) is 170 Å². The number of carbonyl (C=O) groups excluding carboxylic acids is 1. The molecular formula is C19H24N4O6. The number of nitrogens with one attached hydrogen (secondary N) is 1. The average molecular weight is 404 g/mol. The summed E-state index contributed by atoms with van der Waals surface area (Å²) >= 11 is 0. The summed E-state index contributed by atoms with van der Waals surface area (Å²) < 4.78 is 0. The van der Waals surface area contributed by atoms with Crippen molar-refractivity contribution in [2.24, 2.45) is 10.2 Å². The molecule has 0 aliphatic carbocycles. The lowest BCUT2D eigenvalue weighted by Crippen LogP contribution is -2.46. The Kier molecular flexibility index (Phi) is 10.9. The molecule has 0 aliphatic heterocycles. The lowest BCUT2D eigenvalue weighted by atomic mass is 10.0. The smallest absolute Gasteiger partial charge is 0.158 e. The third kappa shape index (κ3) is 7.86. The molecule has 0 saturated carbocycles. The third-order valence-electron chi connectivity index (χ3n) is 3.65. The van der Waals surface area contributed by atoms with E-state index in [1.165, 1.54) is 6.34 Å². The van der Waals surface area contributed by atoms with Crippen molar-refractivity contribution in [1.29, 1.82) is 5.53 Å². The predicted octanol–water partition coefficient (Wildman–Crippen LogP) is 0.420. The zero-order valence-electron chi connectivity index (χ0n) is 15.4. The van der Waals surface area contributed by atoms with Gasteiger partial charge in [0.25, 0.3) is 0 Å². The Morgan fingerprint density at radius 1 is 0.897 bits per heavy atom. The van der Waals surface area contributed by atoms with Crippen LogP contribution in [0.15, 0.2) is 70.9 Å². The molecule has 2 aromatic carbocycles. The Labute approximate surface area is 167 Å². The molecule has 10 nitrogen and oxygen atoms in total. The zero-order chi connectivity index (χ0) is 21.6. The van der Waals surface area contributed by atoms with Gasteiger partial charge >= 0.3 is 0 Å². The fourth-order valence-corrected chi connectivity index (χ4v) is 2.12. The standard InChI is InChI=1S/C13H12N4.C6H12O6/c14-15-11-16-17(12-7-3-1-4-8-12)13-9-5-2-6-10-13;7-1-3(9)5(11)6(12)4(10)2-8/h1-11,14H;1,3-6,8-12H,2H2/b15-14?,16-11+;/t;3-,4+,5+,6+/m.0/s1. The Morgan fingerprint density at radius 2 is 1.38 bits per heavy atom. The number of para-hydroxylation sites is 2. The molecule has 0 amide bonds. The van der Waals surface area contributed by atoms with Crippen molar-refractivity contribution in [2.45, 2.75) is 24.4 Å². The fourth-order valence-electron chi connectivity index (χ4n) is 2.12. The van der Waals surface area contributed by atoms with Crippen molar-refractivity contribution in [3.05, 3.63) is 60.7 Å². The first-order valence-electron chi connectivity index (χ1n) is 8.53. The van der Waals surface area contributed by atoms with Crippen LogP contribution in [0.3, 0.4) is 0 Å². The molecule has 2 aromatic rings. The number of aliphatic hydroxyl groups is 5. The van der Waals surface area contributed by atoms with Gasteiger partial charge in [-0.25, -0.2) is 10.5 Å². The molecule has 0 unspecified atom stereocenters. The van der Waals surface area contributed by atoms with Gasteiger partial charge in [-0.1, -0.05) is 36.4 Å². The summed E-state index contributed by atoms with van der Waals surface area (Å²) in [5, 5.41) is 52.6. The second-order valence-corrected chi connectivity index (χ2v) is 5.70. The molecule has 0 saturated heterocycles. The lowest BCUT2D eigenvalue weighted by molar-refractivity contribution is -0.136. The zero-order valence-corrected chi connectivity index (χ0v) is 15.4. The van der Waals surface area contributed by atoms with Gasteiger partial charge < -0.3 is 30.3 Å². The van der Waals surface area contributed by atoms with E-state index < -0.39 is 31.0 Å². The van der Waals surface area contributed by atoms with Crippen molar-refractivity contribution < 1.29 is 30.3 Å². The van der Waals surface area contributed by atoms with Gasteiger partial charge in [-0.15, -0.1) is 5.11 Å². The molecule has 6 N–H and O–H groups in total. The van der Waals surface area contributed by atoms with Crippen LogP contribution in [0.2, 0.25) is 0 Å². The fraction of sp³-hybridized carbons (Fsp3) is 0.263. The summed E-state index contributed by atoms with van der Waals surface area (Å²) in [5.41, 5.74) is 8.63. The van der Waals surface area contributed by atoms with E-state index in [1.54, 1.807) is 5.01 Å². The molecule has 0 bridgehead atoms. The van der Waals surface area contributed by atoms with E-state index in [0.29, 0.717) is 0 Å². The summed E-state index contributed by atoms with van der Waals surface area (Å²) in [5.74, 6) is 0. The summed E-state index contributed by atoms with van der Waals surface area (Å²) in [6.07, 6.45) is -5.63. The molecule has 0 fully saturated rings. The molecule has 0 spiro atoms. The minimum atomic E-state index is -1.79. The van der Waals surface area contributed by atoms with Crippen molar-refractivity contribution in [3.8, 4) is 0 Å². The molecule has 29 heavy (non-hydrogen) atoms. The van der Waals surface area contributed by atoms with Crippen molar-refractivity contribution in [3.63, 3.8) is 0 Å². The van der Waals surface area contributed by atoms with E-state index in [2.05, 4.69) is 10.2 Å². The van der Waals surface area contributed by atoms with Crippen LogP contribution >= 0.6 is 0 Å².